The second kappa shape index (κ2) is 6.95. The SMILES string of the molecule is CCN=C1NC(=O)[C@@H](CC(=O)Nc2ccc(C)c(Cl)c2)S1. The molecule has 1 atom stereocenters. The third-order valence-corrected chi connectivity index (χ3v) is 4.43. The number of anilines is 1. The van der Waals surface area contributed by atoms with Gasteiger partial charge in [0.15, 0.2) is 5.17 Å². The number of halogens is 1. The second-order valence-corrected chi connectivity index (χ2v) is 6.19. The molecule has 0 aliphatic carbocycles. The van der Waals surface area contributed by atoms with Gasteiger partial charge in [0.05, 0.1) is 0 Å². The van der Waals surface area contributed by atoms with E-state index in [1.54, 1.807) is 12.1 Å². The third-order valence-electron chi connectivity index (χ3n) is 2.90. The minimum absolute atomic E-state index is 0.102. The number of nitrogens with one attached hydrogen (secondary N) is 2. The number of thioether (sulfide) groups is 1. The molecule has 1 fully saturated rings. The average molecular weight is 326 g/mol. The Bertz CT molecular complexity index is 604. The summed E-state index contributed by atoms with van der Waals surface area (Å²) in [6.45, 7) is 4.38. The van der Waals surface area contributed by atoms with Crippen molar-refractivity contribution in [3.63, 3.8) is 0 Å². The molecule has 0 aromatic heterocycles. The van der Waals surface area contributed by atoms with Crippen LogP contribution in [0.1, 0.15) is 18.9 Å². The van der Waals surface area contributed by atoms with Crippen LogP contribution in [0.5, 0.6) is 0 Å². The van der Waals surface area contributed by atoms with Crippen molar-refractivity contribution in [1.29, 1.82) is 0 Å². The van der Waals surface area contributed by atoms with Crippen molar-refractivity contribution in [1.82, 2.24) is 5.32 Å². The minimum atomic E-state index is -0.434. The van der Waals surface area contributed by atoms with Crippen molar-refractivity contribution in [2.45, 2.75) is 25.5 Å². The van der Waals surface area contributed by atoms with Gasteiger partial charge in [0.2, 0.25) is 11.8 Å². The molecule has 2 amide bonds. The van der Waals surface area contributed by atoms with Gasteiger partial charge in [-0.3, -0.25) is 14.6 Å². The Balaban J connectivity index is 1.94. The number of benzene rings is 1. The fourth-order valence-corrected chi connectivity index (χ4v) is 3.02. The predicted octanol–water partition coefficient (Wildman–Crippen LogP) is 2.58. The number of amides is 2. The summed E-state index contributed by atoms with van der Waals surface area (Å²) >= 11 is 7.30. The van der Waals surface area contributed by atoms with Crippen LogP contribution in [0, 0.1) is 6.92 Å². The smallest absolute Gasteiger partial charge is 0.240 e. The van der Waals surface area contributed by atoms with E-state index in [1.165, 1.54) is 11.8 Å². The summed E-state index contributed by atoms with van der Waals surface area (Å²) in [6, 6.07) is 5.31. The largest absolute Gasteiger partial charge is 0.326 e. The van der Waals surface area contributed by atoms with Gasteiger partial charge >= 0.3 is 0 Å². The van der Waals surface area contributed by atoms with E-state index >= 15 is 0 Å². The lowest BCUT2D eigenvalue weighted by molar-refractivity contribution is -0.122. The number of amidine groups is 1. The lowest BCUT2D eigenvalue weighted by atomic mass is 10.2. The van der Waals surface area contributed by atoms with Gasteiger partial charge in [-0.1, -0.05) is 29.4 Å². The quantitative estimate of drug-likeness (QED) is 0.894. The minimum Gasteiger partial charge on any atom is -0.326 e. The van der Waals surface area contributed by atoms with Gasteiger partial charge in [-0.2, -0.15) is 0 Å². The molecule has 2 N–H and O–H groups in total. The van der Waals surface area contributed by atoms with Gasteiger partial charge < -0.3 is 10.6 Å². The molecule has 21 heavy (non-hydrogen) atoms. The van der Waals surface area contributed by atoms with E-state index in [-0.39, 0.29) is 18.2 Å². The first kappa shape index (κ1) is 15.9. The van der Waals surface area contributed by atoms with Crippen LogP contribution in [-0.4, -0.2) is 28.8 Å². The van der Waals surface area contributed by atoms with Crippen LogP contribution >= 0.6 is 23.4 Å². The molecule has 1 heterocycles. The number of nitrogens with zero attached hydrogens (tertiary/aromatic N) is 1. The standard InChI is InChI=1S/C14H16ClN3O2S/c1-3-16-14-18-13(20)11(21-14)7-12(19)17-9-5-4-8(2)10(15)6-9/h4-6,11H,3,7H2,1-2H3,(H,17,19)(H,16,18,20)/t11-/m1/s1. The number of aryl methyl sites for hydroxylation is 1. The van der Waals surface area contributed by atoms with Crippen molar-refractivity contribution < 1.29 is 9.59 Å². The Hall–Kier alpha value is -1.53. The number of carbonyl (C=O) groups excluding carboxylic acids is 2. The Morgan fingerprint density at radius 3 is 2.95 bits per heavy atom. The van der Waals surface area contributed by atoms with Crippen LogP contribution in [0.4, 0.5) is 5.69 Å². The Morgan fingerprint density at radius 1 is 1.52 bits per heavy atom. The highest BCUT2D eigenvalue weighted by Gasteiger charge is 2.31. The molecule has 1 aliphatic rings. The van der Waals surface area contributed by atoms with Gasteiger partial charge in [-0.25, -0.2) is 0 Å². The molecule has 1 saturated heterocycles. The lowest BCUT2D eigenvalue weighted by Gasteiger charge is -2.08. The van der Waals surface area contributed by atoms with Crippen molar-refractivity contribution in [3.05, 3.63) is 28.8 Å². The van der Waals surface area contributed by atoms with Crippen molar-refractivity contribution in [3.8, 4) is 0 Å². The highest BCUT2D eigenvalue weighted by Crippen LogP contribution is 2.24. The van der Waals surface area contributed by atoms with Crippen molar-refractivity contribution >= 4 is 46.0 Å². The van der Waals surface area contributed by atoms with Gasteiger partial charge in [0, 0.05) is 23.7 Å². The fraction of sp³-hybridized carbons (Fsp3) is 0.357. The topological polar surface area (TPSA) is 70.6 Å². The molecule has 1 aromatic carbocycles. The van der Waals surface area contributed by atoms with Crippen molar-refractivity contribution in [2.75, 3.05) is 11.9 Å². The maximum absolute atomic E-state index is 12.0. The molecule has 5 nitrogen and oxygen atoms in total. The molecule has 7 heteroatoms. The summed E-state index contributed by atoms with van der Waals surface area (Å²) in [4.78, 5) is 27.9. The Labute approximate surface area is 132 Å². The van der Waals surface area contributed by atoms with Crippen LogP contribution in [-0.2, 0) is 9.59 Å². The molecule has 1 aliphatic heterocycles. The van der Waals surface area contributed by atoms with E-state index in [0.29, 0.717) is 22.4 Å². The first-order valence-electron chi connectivity index (χ1n) is 6.57. The van der Waals surface area contributed by atoms with Gasteiger partial charge in [-0.15, -0.1) is 0 Å². The second-order valence-electron chi connectivity index (χ2n) is 4.59. The Morgan fingerprint density at radius 2 is 2.29 bits per heavy atom. The molecule has 2 rings (SSSR count). The predicted molar refractivity (Wildman–Crippen MR) is 86.9 cm³/mol. The van der Waals surface area contributed by atoms with Crippen molar-refractivity contribution in [2.24, 2.45) is 4.99 Å². The highest BCUT2D eigenvalue weighted by molar-refractivity contribution is 8.15. The summed E-state index contributed by atoms with van der Waals surface area (Å²) in [5.74, 6) is -0.399. The monoisotopic (exact) mass is 325 g/mol. The summed E-state index contributed by atoms with van der Waals surface area (Å²) in [5.41, 5.74) is 1.57. The van der Waals surface area contributed by atoms with Gasteiger partial charge in [0.1, 0.15) is 5.25 Å². The molecule has 1 aromatic rings. The van der Waals surface area contributed by atoms with E-state index in [0.717, 1.165) is 5.56 Å². The van der Waals surface area contributed by atoms with E-state index in [4.69, 9.17) is 11.6 Å². The number of aliphatic imine (C=N–C) groups is 1. The molecule has 112 valence electrons. The van der Waals surface area contributed by atoms with E-state index in [9.17, 15) is 9.59 Å². The van der Waals surface area contributed by atoms with Gasteiger partial charge in [-0.05, 0) is 31.5 Å². The molecule has 0 radical (unpaired) electrons. The number of hydrogen-bond donors (Lipinski definition) is 2. The summed E-state index contributed by atoms with van der Waals surface area (Å²) in [5, 5.41) is 6.15. The summed E-state index contributed by atoms with van der Waals surface area (Å²) < 4.78 is 0. The van der Waals surface area contributed by atoms with Crippen LogP contribution in [0.2, 0.25) is 5.02 Å². The van der Waals surface area contributed by atoms with E-state index in [1.807, 2.05) is 19.9 Å². The Kier molecular flexibility index (Phi) is 5.25. The summed E-state index contributed by atoms with van der Waals surface area (Å²) in [7, 11) is 0. The number of carbonyl (C=O) groups is 2. The lowest BCUT2D eigenvalue weighted by Crippen LogP contribution is -2.28. The van der Waals surface area contributed by atoms with Gasteiger partial charge in [0.25, 0.3) is 0 Å². The molecule has 0 bridgehead atoms. The number of rotatable bonds is 4. The first-order chi connectivity index (χ1) is 9.99. The normalized spacial score (nSPS) is 19.7. The number of hydrogen-bond acceptors (Lipinski definition) is 4. The van der Waals surface area contributed by atoms with Crippen LogP contribution in [0.15, 0.2) is 23.2 Å². The zero-order valence-electron chi connectivity index (χ0n) is 11.8. The first-order valence-corrected chi connectivity index (χ1v) is 7.83. The van der Waals surface area contributed by atoms with Crippen LogP contribution in [0.25, 0.3) is 0 Å². The third kappa shape index (κ3) is 4.22. The van der Waals surface area contributed by atoms with Crippen LogP contribution in [0.3, 0.4) is 0 Å². The van der Waals surface area contributed by atoms with E-state index < -0.39 is 5.25 Å². The maximum Gasteiger partial charge on any atom is 0.240 e. The zero-order chi connectivity index (χ0) is 15.4. The molecule has 0 spiro atoms. The summed E-state index contributed by atoms with van der Waals surface area (Å²) in [6.07, 6.45) is 0.102. The maximum atomic E-state index is 12.0. The zero-order valence-corrected chi connectivity index (χ0v) is 13.3. The molecule has 0 unspecified atom stereocenters. The molecular formula is C14H16ClN3O2S. The van der Waals surface area contributed by atoms with Crippen LogP contribution < -0.4 is 10.6 Å². The fourth-order valence-electron chi connectivity index (χ4n) is 1.81. The average Bonchev–Trinajstić information content (AvgIpc) is 2.74. The highest BCUT2D eigenvalue weighted by atomic mass is 35.5. The van der Waals surface area contributed by atoms with E-state index in [2.05, 4.69) is 15.6 Å². The molecular weight excluding hydrogens is 310 g/mol. The molecule has 0 saturated carbocycles.